The second kappa shape index (κ2) is 7.24. The summed E-state index contributed by atoms with van der Waals surface area (Å²) in [4.78, 5) is 26.7. The van der Waals surface area contributed by atoms with Gasteiger partial charge in [0, 0.05) is 26.2 Å². The molecule has 1 atom stereocenters. The summed E-state index contributed by atoms with van der Waals surface area (Å²) >= 11 is 0. The highest BCUT2D eigenvalue weighted by Crippen LogP contribution is 2.06. The average Bonchev–Trinajstić information content (AvgIpc) is 2.98. The number of nitrogens with zero attached hydrogens (tertiary/aromatic N) is 2. The molecule has 0 aromatic carbocycles. The fraction of sp³-hybridized carbons (Fsp3) is 0.571. The maximum absolute atomic E-state index is 11.8. The van der Waals surface area contributed by atoms with Crippen LogP contribution in [-0.2, 0) is 16.1 Å². The minimum Gasteiger partial charge on any atom is -0.480 e. The normalized spacial score (nSPS) is 18.3. The van der Waals surface area contributed by atoms with Gasteiger partial charge in [-0.05, 0) is 19.1 Å². The molecule has 2 rings (SSSR count). The van der Waals surface area contributed by atoms with Crippen LogP contribution in [0.4, 0.5) is 0 Å². The topological polar surface area (TPSA) is 86.0 Å². The van der Waals surface area contributed by atoms with E-state index in [1.165, 1.54) is 0 Å². The largest absolute Gasteiger partial charge is 0.480 e. The Morgan fingerprint density at radius 3 is 2.67 bits per heavy atom. The van der Waals surface area contributed by atoms with E-state index < -0.39 is 12.0 Å². The number of carboxylic acids is 1. The van der Waals surface area contributed by atoms with Gasteiger partial charge in [-0.15, -0.1) is 0 Å². The van der Waals surface area contributed by atoms with Gasteiger partial charge in [0.2, 0.25) is 5.91 Å². The van der Waals surface area contributed by atoms with E-state index in [0.717, 1.165) is 5.76 Å². The highest BCUT2D eigenvalue weighted by atomic mass is 16.4. The van der Waals surface area contributed by atoms with Crippen molar-refractivity contribution < 1.29 is 19.1 Å². The molecule has 1 aliphatic heterocycles. The number of carboxylic acid groups (broad SMARTS) is 1. The minimum atomic E-state index is -0.806. The molecule has 7 nitrogen and oxygen atoms in total. The lowest BCUT2D eigenvalue weighted by Crippen LogP contribution is -2.53. The van der Waals surface area contributed by atoms with Crippen LogP contribution >= 0.6 is 0 Å². The van der Waals surface area contributed by atoms with Crippen molar-refractivity contribution in [2.45, 2.75) is 19.5 Å². The van der Waals surface area contributed by atoms with Gasteiger partial charge in [-0.1, -0.05) is 0 Å². The number of nitrogens with one attached hydrogen (secondary N) is 1. The first-order valence-corrected chi connectivity index (χ1v) is 7.04. The van der Waals surface area contributed by atoms with Crippen molar-refractivity contribution in [2.24, 2.45) is 0 Å². The van der Waals surface area contributed by atoms with Gasteiger partial charge in [-0.3, -0.25) is 19.4 Å². The van der Waals surface area contributed by atoms with Crippen LogP contribution in [0, 0.1) is 0 Å². The number of amides is 1. The summed E-state index contributed by atoms with van der Waals surface area (Å²) < 4.78 is 5.15. The predicted molar refractivity (Wildman–Crippen MR) is 75.7 cm³/mol. The Kier molecular flexibility index (Phi) is 5.35. The molecule has 0 spiro atoms. The number of hydrogen-bond donors (Lipinski definition) is 2. The quantitative estimate of drug-likeness (QED) is 0.767. The van der Waals surface area contributed by atoms with Crippen LogP contribution in [0.1, 0.15) is 12.7 Å². The van der Waals surface area contributed by atoms with Crippen molar-refractivity contribution in [1.82, 2.24) is 15.1 Å². The summed E-state index contributed by atoms with van der Waals surface area (Å²) in [5.74, 6) is -0.130. The number of carbonyl (C=O) groups excluding carboxylic acids is 1. The van der Waals surface area contributed by atoms with Crippen molar-refractivity contribution in [2.75, 3.05) is 32.7 Å². The summed E-state index contributed by atoms with van der Waals surface area (Å²) in [5, 5.41) is 11.8. The molecule has 0 saturated carbocycles. The Hall–Kier alpha value is -1.86. The lowest BCUT2D eigenvalue weighted by molar-refractivity contribution is -0.143. The standard InChI is InChI=1S/C14H21N3O4/c1-11(14(19)20)17-6-4-16(5-7-17)10-13(18)15-9-12-3-2-8-21-12/h2-3,8,11H,4-7,9-10H2,1H3,(H,15,18)(H,19,20). The lowest BCUT2D eigenvalue weighted by atomic mass is 10.2. The molecule has 1 aromatic rings. The van der Waals surface area contributed by atoms with Gasteiger partial charge in [-0.25, -0.2) is 0 Å². The van der Waals surface area contributed by atoms with Crippen molar-refractivity contribution in [1.29, 1.82) is 0 Å². The zero-order chi connectivity index (χ0) is 15.2. The second-order valence-electron chi connectivity index (χ2n) is 5.18. The summed E-state index contributed by atoms with van der Waals surface area (Å²) in [7, 11) is 0. The van der Waals surface area contributed by atoms with Crippen LogP contribution < -0.4 is 5.32 Å². The van der Waals surface area contributed by atoms with Crippen molar-refractivity contribution >= 4 is 11.9 Å². The molecule has 1 fully saturated rings. The maximum Gasteiger partial charge on any atom is 0.320 e. The molecule has 1 aromatic heterocycles. The number of rotatable bonds is 6. The molecule has 1 amide bonds. The van der Waals surface area contributed by atoms with Crippen LogP contribution in [0.3, 0.4) is 0 Å². The van der Waals surface area contributed by atoms with E-state index in [1.807, 2.05) is 15.9 Å². The van der Waals surface area contributed by atoms with Crippen molar-refractivity contribution in [3.63, 3.8) is 0 Å². The van der Waals surface area contributed by atoms with Gasteiger partial charge in [0.05, 0.1) is 19.4 Å². The van der Waals surface area contributed by atoms with Crippen molar-refractivity contribution in [3.05, 3.63) is 24.2 Å². The molecule has 1 saturated heterocycles. The number of carbonyl (C=O) groups is 2. The van der Waals surface area contributed by atoms with E-state index in [-0.39, 0.29) is 5.91 Å². The zero-order valence-electron chi connectivity index (χ0n) is 12.1. The molecule has 1 unspecified atom stereocenters. The second-order valence-corrected chi connectivity index (χ2v) is 5.18. The summed E-state index contributed by atoms with van der Waals surface area (Å²) in [6, 6.07) is 3.12. The lowest BCUT2D eigenvalue weighted by Gasteiger charge is -2.36. The fourth-order valence-electron chi connectivity index (χ4n) is 2.32. The molecule has 0 aliphatic carbocycles. The molecular weight excluding hydrogens is 274 g/mol. The molecule has 2 heterocycles. The van der Waals surface area contributed by atoms with E-state index in [1.54, 1.807) is 19.3 Å². The monoisotopic (exact) mass is 295 g/mol. The smallest absolute Gasteiger partial charge is 0.320 e. The summed E-state index contributed by atoms with van der Waals surface area (Å²) in [5.41, 5.74) is 0. The molecule has 21 heavy (non-hydrogen) atoms. The molecule has 1 aliphatic rings. The molecule has 0 bridgehead atoms. The molecular formula is C14H21N3O4. The van der Waals surface area contributed by atoms with Crippen LogP contribution in [-0.4, -0.2) is 65.5 Å². The van der Waals surface area contributed by atoms with Crippen LogP contribution in [0.25, 0.3) is 0 Å². The number of furan rings is 1. The Balaban J connectivity index is 1.68. The van der Waals surface area contributed by atoms with E-state index in [9.17, 15) is 9.59 Å². The minimum absolute atomic E-state index is 0.0499. The number of aliphatic carboxylic acids is 1. The summed E-state index contributed by atoms with van der Waals surface area (Å²) in [6.45, 7) is 5.14. The third-order valence-corrected chi connectivity index (χ3v) is 3.72. The Morgan fingerprint density at radius 2 is 2.10 bits per heavy atom. The van der Waals surface area contributed by atoms with Gasteiger partial charge in [0.15, 0.2) is 0 Å². The van der Waals surface area contributed by atoms with Crippen LogP contribution in [0.15, 0.2) is 22.8 Å². The molecule has 0 radical (unpaired) electrons. The van der Waals surface area contributed by atoms with Gasteiger partial charge in [0.1, 0.15) is 11.8 Å². The van der Waals surface area contributed by atoms with Crippen LogP contribution in [0.2, 0.25) is 0 Å². The fourth-order valence-corrected chi connectivity index (χ4v) is 2.32. The third kappa shape index (κ3) is 4.57. The van der Waals surface area contributed by atoms with Gasteiger partial charge in [0.25, 0.3) is 0 Å². The third-order valence-electron chi connectivity index (χ3n) is 3.72. The predicted octanol–water partition coefficient (Wildman–Crippen LogP) is -0.0135. The number of hydrogen-bond acceptors (Lipinski definition) is 5. The van der Waals surface area contributed by atoms with E-state index >= 15 is 0 Å². The summed E-state index contributed by atoms with van der Waals surface area (Å²) in [6.07, 6.45) is 1.57. The highest BCUT2D eigenvalue weighted by molar-refractivity contribution is 5.78. The van der Waals surface area contributed by atoms with Crippen LogP contribution in [0.5, 0.6) is 0 Å². The zero-order valence-corrected chi connectivity index (χ0v) is 12.1. The van der Waals surface area contributed by atoms with Gasteiger partial charge < -0.3 is 14.8 Å². The van der Waals surface area contributed by atoms with E-state index in [2.05, 4.69) is 5.32 Å². The SMILES string of the molecule is CC(C(=O)O)N1CCN(CC(=O)NCc2ccco2)CC1. The Bertz CT molecular complexity index is 467. The van der Waals surface area contributed by atoms with Crippen molar-refractivity contribution in [3.8, 4) is 0 Å². The molecule has 7 heteroatoms. The van der Waals surface area contributed by atoms with E-state index in [4.69, 9.17) is 9.52 Å². The van der Waals surface area contributed by atoms with Gasteiger partial charge >= 0.3 is 5.97 Å². The number of piperazine rings is 1. The first-order chi connectivity index (χ1) is 10.1. The van der Waals surface area contributed by atoms with E-state index in [0.29, 0.717) is 39.3 Å². The average molecular weight is 295 g/mol. The molecule has 116 valence electrons. The Labute approximate surface area is 123 Å². The maximum atomic E-state index is 11.8. The Morgan fingerprint density at radius 1 is 1.38 bits per heavy atom. The molecule has 2 N–H and O–H groups in total. The first kappa shape index (κ1) is 15.5. The highest BCUT2D eigenvalue weighted by Gasteiger charge is 2.25. The first-order valence-electron chi connectivity index (χ1n) is 7.04. The van der Waals surface area contributed by atoms with Gasteiger partial charge in [-0.2, -0.15) is 0 Å².